The third-order valence-electron chi connectivity index (χ3n) is 3.65. The van der Waals surface area contributed by atoms with Crippen LogP contribution < -0.4 is 10.6 Å². The third-order valence-corrected chi connectivity index (χ3v) is 3.65. The predicted octanol–water partition coefficient (Wildman–Crippen LogP) is 1.35. The number of anilines is 1. The Morgan fingerprint density at radius 3 is 3.10 bits per heavy atom. The zero-order chi connectivity index (χ0) is 14.5. The highest BCUT2D eigenvalue weighted by molar-refractivity contribution is 6.02. The Balaban J connectivity index is 2.20. The zero-order valence-electron chi connectivity index (χ0n) is 12.0. The molecule has 1 unspecified atom stereocenters. The SMILES string of the molecule is Cc1ccnc(N(C)CC2CCCOC2)c1/C(N)=N/O. The Labute approximate surface area is 119 Å². The Bertz CT molecular complexity index is 484. The van der Waals surface area contributed by atoms with Crippen molar-refractivity contribution in [1.82, 2.24) is 4.98 Å². The second-order valence-corrected chi connectivity index (χ2v) is 5.28. The van der Waals surface area contributed by atoms with Crippen molar-refractivity contribution in [2.45, 2.75) is 19.8 Å². The lowest BCUT2D eigenvalue weighted by molar-refractivity contribution is 0.0576. The molecule has 20 heavy (non-hydrogen) atoms. The molecular weight excluding hydrogens is 256 g/mol. The van der Waals surface area contributed by atoms with Crippen LogP contribution in [-0.2, 0) is 4.74 Å². The largest absolute Gasteiger partial charge is 0.409 e. The molecule has 2 rings (SSSR count). The van der Waals surface area contributed by atoms with E-state index in [2.05, 4.69) is 15.0 Å². The highest BCUT2D eigenvalue weighted by Gasteiger charge is 2.20. The van der Waals surface area contributed by atoms with E-state index in [1.807, 2.05) is 20.0 Å². The Kier molecular flexibility index (Phi) is 4.79. The smallest absolute Gasteiger partial charge is 0.174 e. The maximum atomic E-state index is 8.94. The van der Waals surface area contributed by atoms with Gasteiger partial charge in [-0.05, 0) is 37.3 Å². The van der Waals surface area contributed by atoms with Crippen LogP contribution in [0.5, 0.6) is 0 Å². The summed E-state index contributed by atoms with van der Waals surface area (Å²) in [4.78, 5) is 6.44. The zero-order valence-corrected chi connectivity index (χ0v) is 12.0. The van der Waals surface area contributed by atoms with Crippen LogP contribution in [-0.4, -0.2) is 42.8 Å². The minimum absolute atomic E-state index is 0.0948. The van der Waals surface area contributed by atoms with Crippen molar-refractivity contribution < 1.29 is 9.94 Å². The number of ether oxygens (including phenoxy) is 1. The van der Waals surface area contributed by atoms with E-state index in [4.69, 9.17) is 15.7 Å². The van der Waals surface area contributed by atoms with E-state index < -0.39 is 0 Å². The first kappa shape index (κ1) is 14.6. The summed E-state index contributed by atoms with van der Waals surface area (Å²) in [6, 6.07) is 1.86. The van der Waals surface area contributed by atoms with Crippen molar-refractivity contribution in [2.24, 2.45) is 16.8 Å². The Hall–Kier alpha value is -1.82. The summed E-state index contributed by atoms with van der Waals surface area (Å²) in [6.45, 7) is 4.42. The van der Waals surface area contributed by atoms with Gasteiger partial charge in [0.05, 0.1) is 12.2 Å². The average molecular weight is 278 g/mol. The fourth-order valence-corrected chi connectivity index (χ4v) is 2.63. The van der Waals surface area contributed by atoms with Crippen LogP contribution in [0.25, 0.3) is 0 Å². The van der Waals surface area contributed by atoms with Gasteiger partial charge in [0.2, 0.25) is 0 Å². The van der Waals surface area contributed by atoms with Gasteiger partial charge in [-0.25, -0.2) is 4.98 Å². The molecule has 6 heteroatoms. The number of nitrogens with zero attached hydrogens (tertiary/aromatic N) is 3. The van der Waals surface area contributed by atoms with E-state index >= 15 is 0 Å². The summed E-state index contributed by atoms with van der Waals surface area (Å²) in [5, 5.41) is 12.0. The predicted molar refractivity (Wildman–Crippen MR) is 78.3 cm³/mol. The molecule has 1 aromatic rings. The first-order valence-electron chi connectivity index (χ1n) is 6.86. The summed E-state index contributed by atoms with van der Waals surface area (Å²) in [7, 11) is 1.98. The molecule has 0 aromatic carbocycles. The molecule has 0 radical (unpaired) electrons. The number of aromatic nitrogens is 1. The van der Waals surface area contributed by atoms with Crippen LogP contribution in [0.3, 0.4) is 0 Å². The van der Waals surface area contributed by atoms with Gasteiger partial charge in [0.15, 0.2) is 5.84 Å². The number of rotatable bonds is 4. The molecule has 1 saturated heterocycles. The van der Waals surface area contributed by atoms with Crippen molar-refractivity contribution in [3.05, 3.63) is 23.4 Å². The Morgan fingerprint density at radius 1 is 1.65 bits per heavy atom. The quantitative estimate of drug-likeness (QED) is 0.376. The number of hydrogen-bond donors (Lipinski definition) is 2. The van der Waals surface area contributed by atoms with Crippen molar-refractivity contribution in [2.75, 3.05) is 31.7 Å². The molecule has 0 spiro atoms. The second-order valence-electron chi connectivity index (χ2n) is 5.28. The van der Waals surface area contributed by atoms with Crippen LogP contribution in [0, 0.1) is 12.8 Å². The molecule has 1 aliphatic heterocycles. The summed E-state index contributed by atoms with van der Waals surface area (Å²) in [6.07, 6.45) is 4.01. The van der Waals surface area contributed by atoms with Crippen LogP contribution in [0.15, 0.2) is 17.4 Å². The molecule has 0 amide bonds. The standard InChI is InChI=1S/C14H22N4O2/c1-10-5-6-16-14(12(10)13(15)17-19)18(2)8-11-4-3-7-20-9-11/h5-6,11,19H,3-4,7-9H2,1-2H3,(H2,15,17). The van der Waals surface area contributed by atoms with E-state index in [1.54, 1.807) is 6.20 Å². The fraction of sp³-hybridized carbons (Fsp3) is 0.571. The molecule has 110 valence electrons. The van der Waals surface area contributed by atoms with Gasteiger partial charge in [-0.2, -0.15) is 0 Å². The van der Waals surface area contributed by atoms with Gasteiger partial charge in [0, 0.05) is 26.4 Å². The minimum atomic E-state index is 0.0948. The van der Waals surface area contributed by atoms with E-state index in [0.717, 1.165) is 44.0 Å². The molecule has 3 N–H and O–H groups in total. The molecular formula is C14H22N4O2. The first-order valence-corrected chi connectivity index (χ1v) is 6.86. The number of aryl methyl sites for hydroxylation is 1. The van der Waals surface area contributed by atoms with Gasteiger partial charge in [-0.15, -0.1) is 0 Å². The van der Waals surface area contributed by atoms with Gasteiger partial charge in [0.25, 0.3) is 0 Å². The highest BCUT2D eigenvalue weighted by atomic mass is 16.5. The van der Waals surface area contributed by atoms with E-state index in [1.165, 1.54) is 0 Å². The van der Waals surface area contributed by atoms with Gasteiger partial charge in [-0.3, -0.25) is 0 Å². The van der Waals surface area contributed by atoms with Crippen LogP contribution in [0.4, 0.5) is 5.82 Å². The summed E-state index contributed by atoms with van der Waals surface area (Å²) >= 11 is 0. The number of pyridine rings is 1. The van der Waals surface area contributed by atoms with Crippen LogP contribution in [0.1, 0.15) is 24.0 Å². The molecule has 1 aromatic heterocycles. The van der Waals surface area contributed by atoms with Gasteiger partial charge < -0.3 is 20.6 Å². The molecule has 2 heterocycles. The molecule has 6 nitrogen and oxygen atoms in total. The lowest BCUT2D eigenvalue weighted by Gasteiger charge is -2.29. The number of hydrogen-bond acceptors (Lipinski definition) is 5. The molecule has 0 saturated carbocycles. The number of oxime groups is 1. The fourth-order valence-electron chi connectivity index (χ4n) is 2.63. The average Bonchev–Trinajstić information content (AvgIpc) is 2.47. The summed E-state index contributed by atoms with van der Waals surface area (Å²) in [5.41, 5.74) is 7.41. The van der Waals surface area contributed by atoms with Crippen molar-refractivity contribution in [1.29, 1.82) is 0 Å². The maximum Gasteiger partial charge on any atom is 0.174 e. The number of amidine groups is 1. The van der Waals surface area contributed by atoms with E-state index in [-0.39, 0.29) is 5.84 Å². The highest BCUT2D eigenvalue weighted by Crippen LogP contribution is 2.22. The molecule has 0 bridgehead atoms. The normalized spacial score (nSPS) is 19.9. The topological polar surface area (TPSA) is 84.0 Å². The van der Waals surface area contributed by atoms with Gasteiger partial charge in [-0.1, -0.05) is 5.16 Å². The van der Waals surface area contributed by atoms with Crippen molar-refractivity contribution in [3.8, 4) is 0 Å². The molecule has 0 aliphatic carbocycles. The van der Waals surface area contributed by atoms with Crippen molar-refractivity contribution >= 4 is 11.7 Å². The lowest BCUT2D eigenvalue weighted by Crippen LogP contribution is -2.33. The maximum absolute atomic E-state index is 8.94. The van der Waals surface area contributed by atoms with Crippen molar-refractivity contribution in [3.63, 3.8) is 0 Å². The second kappa shape index (κ2) is 6.56. The molecule has 1 atom stereocenters. The molecule has 1 fully saturated rings. The summed E-state index contributed by atoms with van der Waals surface area (Å²) in [5.74, 6) is 1.33. The van der Waals surface area contributed by atoms with E-state index in [0.29, 0.717) is 11.5 Å². The summed E-state index contributed by atoms with van der Waals surface area (Å²) < 4.78 is 5.51. The van der Waals surface area contributed by atoms with Gasteiger partial charge in [0.1, 0.15) is 5.82 Å². The van der Waals surface area contributed by atoms with Crippen LogP contribution in [0.2, 0.25) is 0 Å². The lowest BCUT2D eigenvalue weighted by atomic mass is 10.0. The molecule has 1 aliphatic rings. The van der Waals surface area contributed by atoms with E-state index in [9.17, 15) is 0 Å². The third kappa shape index (κ3) is 3.19. The van der Waals surface area contributed by atoms with Gasteiger partial charge >= 0.3 is 0 Å². The number of nitrogens with two attached hydrogens (primary N) is 1. The first-order chi connectivity index (χ1) is 9.63. The van der Waals surface area contributed by atoms with Crippen LogP contribution >= 0.6 is 0 Å². The Morgan fingerprint density at radius 2 is 2.45 bits per heavy atom. The monoisotopic (exact) mass is 278 g/mol. The minimum Gasteiger partial charge on any atom is -0.409 e.